The van der Waals surface area contributed by atoms with Crippen molar-refractivity contribution in [3.63, 3.8) is 0 Å². The van der Waals surface area contributed by atoms with Gasteiger partial charge in [-0.2, -0.15) is 0 Å². The van der Waals surface area contributed by atoms with Crippen molar-refractivity contribution in [2.75, 3.05) is 5.32 Å². The predicted octanol–water partition coefficient (Wildman–Crippen LogP) is 4.76. The number of nitrogens with zero attached hydrogens (tertiary/aromatic N) is 1. The number of nitrogens with one attached hydrogen (secondary N) is 1. The molecule has 5 nitrogen and oxygen atoms in total. The zero-order chi connectivity index (χ0) is 15.6. The summed E-state index contributed by atoms with van der Waals surface area (Å²) in [5, 5.41) is 14.1. The Morgan fingerprint density at radius 3 is 2.33 bits per heavy atom. The summed E-state index contributed by atoms with van der Waals surface area (Å²) >= 11 is 13.6. The summed E-state index contributed by atoms with van der Waals surface area (Å²) < 4.78 is 0.601. The van der Waals surface area contributed by atoms with E-state index in [1.54, 1.807) is 0 Å². The van der Waals surface area contributed by atoms with Crippen LogP contribution in [0.1, 0.15) is 10.4 Å². The second-order valence-electron chi connectivity index (χ2n) is 4.03. The Kier molecular flexibility index (Phi) is 5.02. The lowest BCUT2D eigenvalue weighted by molar-refractivity contribution is -0.384. The highest BCUT2D eigenvalue weighted by molar-refractivity contribution is 14.1. The molecule has 0 bridgehead atoms. The maximum absolute atomic E-state index is 12.2. The van der Waals surface area contributed by atoms with Crippen LogP contribution in [0.5, 0.6) is 0 Å². The fourth-order valence-corrected chi connectivity index (χ4v) is 2.73. The largest absolute Gasteiger partial charge is 0.322 e. The van der Waals surface area contributed by atoms with Crippen LogP contribution in [0.4, 0.5) is 11.4 Å². The Bertz CT molecular complexity index is 717. The first-order valence-electron chi connectivity index (χ1n) is 5.58. The van der Waals surface area contributed by atoms with E-state index >= 15 is 0 Å². The Balaban J connectivity index is 2.31. The van der Waals surface area contributed by atoms with Gasteiger partial charge in [-0.05, 0) is 46.9 Å². The van der Waals surface area contributed by atoms with Gasteiger partial charge in [-0.1, -0.05) is 23.2 Å². The number of carbonyl (C=O) groups is 1. The van der Waals surface area contributed by atoms with Gasteiger partial charge >= 0.3 is 0 Å². The van der Waals surface area contributed by atoms with Crippen LogP contribution < -0.4 is 5.32 Å². The predicted molar refractivity (Wildman–Crippen MR) is 90.2 cm³/mol. The third-order valence-electron chi connectivity index (χ3n) is 2.53. The van der Waals surface area contributed by atoms with Gasteiger partial charge in [-0.25, -0.2) is 0 Å². The summed E-state index contributed by atoms with van der Waals surface area (Å²) in [5.74, 6) is -0.471. The van der Waals surface area contributed by atoms with Crippen LogP contribution >= 0.6 is 45.8 Å². The number of nitro benzene ring substituents is 1. The standard InChI is InChI=1S/C13H7Cl2IN2O3/c14-7-3-8(15)5-9(4-7)17-13(19)11-6-10(18(20)21)1-2-12(11)16/h1-6H,(H,17,19). The highest BCUT2D eigenvalue weighted by Gasteiger charge is 2.16. The molecular weight excluding hydrogens is 430 g/mol. The van der Waals surface area contributed by atoms with Crippen molar-refractivity contribution in [3.05, 3.63) is 65.7 Å². The van der Waals surface area contributed by atoms with E-state index in [2.05, 4.69) is 5.32 Å². The maximum atomic E-state index is 12.2. The lowest BCUT2D eigenvalue weighted by Gasteiger charge is -2.08. The van der Waals surface area contributed by atoms with Crippen LogP contribution in [0.3, 0.4) is 0 Å². The summed E-state index contributed by atoms with van der Waals surface area (Å²) in [6.07, 6.45) is 0. The van der Waals surface area contributed by atoms with Gasteiger partial charge in [0, 0.05) is 31.4 Å². The molecule has 21 heavy (non-hydrogen) atoms. The van der Waals surface area contributed by atoms with Crippen molar-refractivity contribution in [2.24, 2.45) is 0 Å². The molecule has 2 rings (SSSR count). The third-order valence-corrected chi connectivity index (χ3v) is 3.90. The molecule has 0 aliphatic carbocycles. The number of benzene rings is 2. The summed E-state index contributed by atoms with van der Waals surface area (Å²) in [4.78, 5) is 22.4. The van der Waals surface area contributed by atoms with Gasteiger partial charge in [0.25, 0.3) is 11.6 Å². The van der Waals surface area contributed by atoms with E-state index in [4.69, 9.17) is 23.2 Å². The Morgan fingerprint density at radius 2 is 1.76 bits per heavy atom. The maximum Gasteiger partial charge on any atom is 0.270 e. The summed E-state index contributed by atoms with van der Waals surface area (Å²) in [6.45, 7) is 0. The minimum atomic E-state index is -0.552. The molecule has 0 fully saturated rings. The number of anilines is 1. The van der Waals surface area contributed by atoms with Gasteiger partial charge in [-0.3, -0.25) is 14.9 Å². The molecule has 0 saturated carbocycles. The lowest BCUT2D eigenvalue weighted by Crippen LogP contribution is -2.13. The highest BCUT2D eigenvalue weighted by Crippen LogP contribution is 2.24. The van der Waals surface area contributed by atoms with Crippen molar-refractivity contribution in [1.29, 1.82) is 0 Å². The van der Waals surface area contributed by atoms with E-state index in [-0.39, 0.29) is 11.3 Å². The van der Waals surface area contributed by atoms with Crippen LogP contribution in [0.15, 0.2) is 36.4 Å². The minimum Gasteiger partial charge on any atom is -0.322 e. The van der Waals surface area contributed by atoms with Gasteiger partial charge in [0.2, 0.25) is 0 Å². The monoisotopic (exact) mass is 436 g/mol. The van der Waals surface area contributed by atoms with Gasteiger partial charge in [0.15, 0.2) is 0 Å². The first-order valence-corrected chi connectivity index (χ1v) is 7.41. The second kappa shape index (κ2) is 6.59. The highest BCUT2D eigenvalue weighted by atomic mass is 127. The number of hydrogen-bond donors (Lipinski definition) is 1. The topological polar surface area (TPSA) is 72.2 Å². The number of halogens is 3. The van der Waals surface area contributed by atoms with Gasteiger partial charge in [0.1, 0.15) is 0 Å². The normalized spacial score (nSPS) is 10.2. The molecule has 8 heteroatoms. The molecular formula is C13H7Cl2IN2O3. The molecule has 2 aromatic carbocycles. The molecule has 0 atom stereocenters. The number of amides is 1. The fourth-order valence-electron chi connectivity index (χ4n) is 1.63. The van der Waals surface area contributed by atoms with Crippen LogP contribution in [0.2, 0.25) is 10.0 Å². The number of non-ortho nitro benzene ring substituents is 1. The molecule has 108 valence electrons. The van der Waals surface area contributed by atoms with Gasteiger partial charge < -0.3 is 5.32 Å². The van der Waals surface area contributed by atoms with Crippen LogP contribution in [0, 0.1) is 13.7 Å². The molecule has 0 radical (unpaired) electrons. The average molecular weight is 437 g/mol. The Morgan fingerprint density at radius 1 is 1.14 bits per heavy atom. The average Bonchev–Trinajstić information content (AvgIpc) is 2.37. The van der Waals surface area contributed by atoms with Crippen LogP contribution in [0.25, 0.3) is 0 Å². The number of rotatable bonds is 3. The number of hydrogen-bond acceptors (Lipinski definition) is 3. The molecule has 2 aromatic rings. The van der Waals surface area contributed by atoms with Gasteiger partial charge in [0.05, 0.1) is 10.5 Å². The smallest absolute Gasteiger partial charge is 0.270 e. The molecule has 0 aliphatic rings. The summed E-state index contributed by atoms with van der Waals surface area (Å²) in [5.41, 5.74) is 0.477. The zero-order valence-electron chi connectivity index (χ0n) is 10.3. The van der Waals surface area contributed by atoms with Crippen LogP contribution in [-0.4, -0.2) is 10.8 Å². The Labute approximate surface area is 143 Å². The fraction of sp³-hybridized carbons (Fsp3) is 0. The van der Waals surface area contributed by atoms with Crippen molar-refractivity contribution in [2.45, 2.75) is 0 Å². The molecule has 0 saturated heterocycles. The van der Waals surface area contributed by atoms with E-state index in [0.717, 1.165) is 0 Å². The molecule has 1 N–H and O–H groups in total. The van der Waals surface area contributed by atoms with E-state index in [0.29, 0.717) is 19.3 Å². The zero-order valence-corrected chi connectivity index (χ0v) is 13.9. The third kappa shape index (κ3) is 4.05. The van der Waals surface area contributed by atoms with Crippen molar-refractivity contribution in [1.82, 2.24) is 0 Å². The first kappa shape index (κ1) is 16.0. The quantitative estimate of drug-likeness (QED) is 0.428. The molecule has 0 unspecified atom stereocenters. The lowest BCUT2D eigenvalue weighted by atomic mass is 10.2. The molecule has 1 amide bonds. The van der Waals surface area contributed by atoms with E-state index in [1.165, 1.54) is 36.4 Å². The van der Waals surface area contributed by atoms with E-state index < -0.39 is 10.8 Å². The van der Waals surface area contributed by atoms with Crippen molar-refractivity contribution < 1.29 is 9.72 Å². The van der Waals surface area contributed by atoms with E-state index in [1.807, 2.05) is 22.6 Å². The van der Waals surface area contributed by atoms with Crippen molar-refractivity contribution in [3.8, 4) is 0 Å². The number of nitro groups is 1. The summed E-state index contributed by atoms with van der Waals surface area (Å²) in [7, 11) is 0. The Hall–Kier alpha value is -1.38. The molecule has 0 aromatic heterocycles. The van der Waals surface area contributed by atoms with Crippen molar-refractivity contribution >= 4 is 63.1 Å². The van der Waals surface area contributed by atoms with E-state index in [9.17, 15) is 14.9 Å². The SMILES string of the molecule is O=C(Nc1cc(Cl)cc(Cl)c1)c1cc([N+](=O)[O-])ccc1I. The second-order valence-corrected chi connectivity index (χ2v) is 6.07. The van der Waals surface area contributed by atoms with Gasteiger partial charge in [-0.15, -0.1) is 0 Å². The molecule has 0 spiro atoms. The molecule has 0 aliphatic heterocycles. The first-order chi connectivity index (χ1) is 9.86. The summed E-state index contributed by atoms with van der Waals surface area (Å²) in [6, 6.07) is 8.69. The van der Waals surface area contributed by atoms with Crippen LogP contribution in [-0.2, 0) is 0 Å². The molecule has 0 heterocycles. The minimum absolute atomic E-state index is 0.148. The number of carbonyl (C=O) groups excluding carboxylic acids is 1.